The van der Waals surface area contributed by atoms with E-state index < -0.39 is 17.9 Å². The van der Waals surface area contributed by atoms with Crippen molar-refractivity contribution in [1.82, 2.24) is 15.6 Å². The van der Waals surface area contributed by atoms with Gasteiger partial charge in [-0.05, 0) is 57.9 Å². The molecule has 4 N–H and O–H groups in total. The van der Waals surface area contributed by atoms with E-state index >= 15 is 0 Å². The molecule has 1 aromatic heterocycles. The predicted octanol–water partition coefficient (Wildman–Crippen LogP) is 5.60. The van der Waals surface area contributed by atoms with Crippen LogP contribution in [0.15, 0.2) is 21.8 Å². The molecule has 46 heavy (non-hydrogen) atoms. The van der Waals surface area contributed by atoms with Gasteiger partial charge in [0.05, 0.1) is 18.2 Å². The number of aryl methyl sites for hydroxylation is 1. The quantitative estimate of drug-likeness (QED) is 0.261. The number of aromatic nitrogens is 1. The lowest BCUT2D eigenvalue weighted by molar-refractivity contribution is -0.192. The lowest BCUT2D eigenvalue weighted by atomic mass is 9.80. The van der Waals surface area contributed by atoms with Gasteiger partial charge in [0.25, 0.3) is 17.3 Å². The van der Waals surface area contributed by atoms with Gasteiger partial charge in [-0.25, -0.2) is 4.79 Å². The third-order valence-corrected chi connectivity index (χ3v) is 9.68. The minimum Gasteiger partial charge on any atom is -0.475 e. The fraction of sp³-hybridized carbons (Fsp3) is 0.581. The number of H-pyrrole nitrogens is 1. The average Bonchev–Trinajstić information content (AvgIpc) is 3.35. The maximum absolute atomic E-state index is 13.2. The molecule has 1 saturated heterocycles. The number of hydrogen-bond donors (Lipinski definition) is 4. The lowest BCUT2D eigenvalue weighted by Gasteiger charge is -2.41. The Kier molecular flexibility index (Phi) is 11.0. The van der Waals surface area contributed by atoms with Crippen LogP contribution in [0.5, 0.6) is 11.5 Å². The Morgan fingerprint density at radius 3 is 2.26 bits per heavy atom. The van der Waals surface area contributed by atoms with Gasteiger partial charge >= 0.3 is 12.1 Å². The van der Waals surface area contributed by atoms with Gasteiger partial charge in [-0.2, -0.15) is 13.2 Å². The van der Waals surface area contributed by atoms with Crippen LogP contribution in [-0.2, 0) is 16.1 Å². The molecule has 0 bridgehead atoms. The summed E-state index contributed by atoms with van der Waals surface area (Å²) in [5, 5.41) is 14.1. The van der Waals surface area contributed by atoms with E-state index in [1.807, 2.05) is 33.1 Å². The van der Waals surface area contributed by atoms with Gasteiger partial charge < -0.3 is 34.9 Å². The molecule has 5 rings (SSSR count). The number of halogens is 4. The zero-order valence-electron chi connectivity index (χ0n) is 26.3. The van der Waals surface area contributed by atoms with Crippen LogP contribution in [0.1, 0.15) is 66.7 Å². The first-order chi connectivity index (χ1) is 21.5. The Hall–Kier alpha value is -2.94. The SMILES string of the molecule is CSc1cc(C)[nH]c(=O)c1CNC(=O)c1cc(Cl)c2c(c1C)OC(C)(C1CCC(NCC3(C)COC3)CC1)O2.O=C(O)C(F)(F)F. The highest BCUT2D eigenvalue weighted by Gasteiger charge is 2.47. The van der Waals surface area contributed by atoms with Crippen molar-refractivity contribution in [2.24, 2.45) is 11.3 Å². The molecule has 1 amide bonds. The number of aromatic amines is 1. The summed E-state index contributed by atoms with van der Waals surface area (Å²) in [4.78, 5) is 38.3. The average molecular weight is 690 g/mol. The molecule has 2 aliphatic heterocycles. The Morgan fingerprint density at radius 1 is 1.11 bits per heavy atom. The van der Waals surface area contributed by atoms with Gasteiger partial charge in [0.2, 0.25) is 0 Å². The van der Waals surface area contributed by atoms with Crippen molar-refractivity contribution >= 4 is 35.2 Å². The normalized spacial score (nSPS) is 23.2. The molecular weight excluding hydrogens is 651 g/mol. The van der Waals surface area contributed by atoms with Crippen molar-refractivity contribution in [3.8, 4) is 11.5 Å². The minimum atomic E-state index is -5.08. The third-order valence-electron chi connectivity index (χ3n) is 8.60. The smallest absolute Gasteiger partial charge is 0.475 e. The van der Waals surface area contributed by atoms with E-state index in [0.717, 1.165) is 56.0 Å². The highest BCUT2D eigenvalue weighted by atomic mass is 35.5. The van der Waals surface area contributed by atoms with Gasteiger partial charge in [0.15, 0.2) is 11.5 Å². The molecule has 0 spiro atoms. The van der Waals surface area contributed by atoms with Crippen molar-refractivity contribution < 1.29 is 42.1 Å². The Bertz CT molecular complexity index is 1520. The first kappa shape index (κ1) is 35.9. The second kappa shape index (κ2) is 14.0. The van der Waals surface area contributed by atoms with Gasteiger partial charge in [0.1, 0.15) is 0 Å². The monoisotopic (exact) mass is 689 g/mol. The van der Waals surface area contributed by atoms with E-state index in [2.05, 4.69) is 22.5 Å². The van der Waals surface area contributed by atoms with Crippen molar-refractivity contribution in [2.45, 2.75) is 82.8 Å². The van der Waals surface area contributed by atoms with Crippen LogP contribution in [0.25, 0.3) is 0 Å². The third kappa shape index (κ3) is 8.12. The van der Waals surface area contributed by atoms with E-state index in [-0.39, 0.29) is 29.3 Å². The van der Waals surface area contributed by atoms with E-state index in [1.54, 1.807) is 6.07 Å². The minimum absolute atomic E-state index is 0.108. The van der Waals surface area contributed by atoms with Gasteiger partial charge in [-0.1, -0.05) is 18.5 Å². The van der Waals surface area contributed by atoms with E-state index in [0.29, 0.717) is 39.3 Å². The summed E-state index contributed by atoms with van der Waals surface area (Å²) in [5.74, 6) is -2.70. The topological polar surface area (TPSA) is 139 Å². The first-order valence-electron chi connectivity index (χ1n) is 14.8. The molecule has 1 unspecified atom stereocenters. The molecule has 1 atom stereocenters. The summed E-state index contributed by atoms with van der Waals surface area (Å²) in [6.07, 6.45) is 0.879. The molecule has 10 nitrogen and oxygen atoms in total. The lowest BCUT2D eigenvalue weighted by Crippen LogP contribution is -2.51. The largest absolute Gasteiger partial charge is 0.490 e. The number of amides is 1. The highest BCUT2D eigenvalue weighted by molar-refractivity contribution is 7.98. The van der Waals surface area contributed by atoms with Crippen LogP contribution >= 0.6 is 23.4 Å². The van der Waals surface area contributed by atoms with Gasteiger partial charge in [-0.3, -0.25) is 9.59 Å². The van der Waals surface area contributed by atoms with Crippen molar-refractivity contribution in [3.05, 3.63) is 49.9 Å². The summed E-state index contributed by atoms with van der Waals surface area (Å²) in [6.45, 7) is 10.7. The molecule has 1 aromatic carbocycles. The predicted molar refractivity (Wildman–Crippen MR) is 167 cm³/mol. The number of fused-ring (bicyclic) bond motifs is 1. The summed E-state index contributed by atoms with van der Waals surface area (Å²) >= 11 is 8.10. The summed E-state index contributed by atoms with van der Waals surface area (Å²) in [7, 11) is 0. The summed E-state index contributed by atoms with van der Waals surface area (Å²) < 4.78 is 49.9. The van der Waals surface area contributed by atoms with Crippen LogP contribution in [0.4, 0.5) is 13.2 Å². The van der Waals surface area contributed by atoms with E-state index in [9.17, 15) is 22.8 Å². The zero-order chi connectivity index (χ0) is 34.0. The molecule has 3 heterocycles. The number of rotatable bonds is 8. The molecule has 3 aliphatic rings. The molecule has 0 radical (unpaired) electrons. The van der Waals surface area contributed by atoms with Crippen LogP contribution < -0.4 is 25.7 Å². The number of carboxylic acids is 1. The second-order valence-corrected chi connectivity index (χ2v) is 13.7. The van der Waals surface area contributed by atoms with Crippen molar-refractivity contribution in [1.29, 1.82) is 0 Å². The Labute approximate surface area is 274 Å². The maximum atomic E-state index is 13.2. The number of benzene rings is 1. The number of nitrogens with one attached hydrogen (secondary N) is 3. The Morgan fingerprint density at radius 2 is 1.72 bits per heavy atom. The number of thioether (sulfide) groups is 1. The fourth-order valence-corrected chi connectivity index (χ4v) is 6.75. The number of carboxylic acid groups (broad SMARTS) is 1. The van der Waals surface area contributed by atoms with Crippen LogP contribution in [0.2, 0.25) is 5.02 Å². The van der Waals surface area contributed by atoms with Crippen LogP contribution in [0, 0.1) is 25.2 Å². The molecule has 1 saturated carbocycles. The molecule has 1 aliphatic carbocycles. The number of aliphatic carboxylic acids is 1. The van der Waals surface area contributed by atoms with Gasteiger partial charge in [-0.15, -0.1) is 11.8 Å². The summed E-state index contributed by atoms with van der Waals surface area (Å²) in [5.41, 5.74) is 2.44. The number of carbonyl (C=O) groups is 2. The van der Waals surface area contributed by atoms with E-state index in [1.165, 1.54) is 11.8 Å². The van der Waals surface area contributed by atoms with Crippen molar-refractivity contribution in [3.63, 3.8) is 0 Å². The van der Waals surface area contributed by atoms with Crippen molar-refractivity contribution in [2.75, 3.05) is 26.0 Å². The zero-order valence-corrected chi connectivity index (χ0v) is 27.9. The standard InChI is InChI=1S/C29H38ClN3O5S.C2HF3O2/c1-16-10-23(39-5)21(27(35)33-16)12-31-26(34)20-11-22(30)25-24(17(20)2)37-29(4,38-25)18-6-8-19(9-7-18)32-13-28(3)14-36-15-28;3-2(4,5)1(6)7/h10-11,18-19,32H,6-9,12-15H2,1-5H3,(H,31,34)(H,33,35);(H,6,7). The van der Waals surface area contributed by atoms with Crippen LogP contribution in [0.3, 0.4) is 0 Å². The fourth-order valence-electron chi connectivity index (χ4n) is 5.81. The van der Waals surface area contributed by atoms with Gasteiger partial charge in [0, 0.05) is 64.7 Å². The molecule has 2 aromatic rings. The molecule has 254 valence electrons. The maximum Gasteiger partial charge on any atom is 0.490 e. The number of alkyl halides is 3. The summed E-state index contributed by atoms with van der Waals surface area (Å²) in [6, 6.07) is 4.02. The van der Waals surface area contributed by atoms with Crippen LogP contribution in [-0.4, -0.2) is 66.0 Å². The molecule has 2 fully saturated rings. The second-order valence-electron chi connectivity index (χ2n) is 12.5. The van der Waals surface area contributed by atoms with E-state index in [4.69, 9.17) is 35.7 Å². The number of ether oxygens (including phenoxy) is 3. The Balaban J connectivity index is 0.000000617. The number of pyridine rings is 1. The first-order valence-corrected chi connectivity index (χ1v) is 16.4. The highest BCUT2D eigenvalue weighted by Crippen LogP contribution is 2.51. The number of hydrogen-bond acceptors (Lipinski definition) is 8. The number of carbonyl (C=O) groups excluding carboxylic acids is 1. The molecular formula is C31H39ClF3N3O7S. The molecule has 15 heteroatoms.